The van der Waals surface area contributed by atoms with Crippen molar-refractivity contribution in [3.63, 3.8) is 0 Å². The Labute approximate surface area is 255 Å². The van der Waals surface area contributed by atoms with Crippen molar-refractivity contribution in [2.75, 3.05) is 0 Å². The second kappa shape index (κ2) is 13.3. The Bertz CT molecular complexity index is 1410. The zero-order valence-corrected chi connectivity index (χ0v) is 27.2. The Morgan fingerprint density at radius 1 is 0.400 bits per heavy atom. The zero-order chi connectivity index (χ0) is 28.1. The van der Waals surface area contributed by atoms with E-state index in [0.29, 0.717) is 26.2 Å². The first kappa shape index (κ1) is 30.1. The van der Waals surface area contributed by atoms with E-state index in [4.69, 9.17) is 58.5 Å². The number of hydrogen-bond donors (Lipinski definition) is 0. The van der Waals surface area contributed by atoms with Gasteiger partial charge in [0, 0.05) is 26.2 Å². The fourth-order valence-electron chi connectivity index (χ4n) is 4.35. The molecule has 5 rings (SSSR count). The molecule has 0 aliphatic carbocycles. The quantitative estimate of drug-likeness (QED) is 0.158. The van der Waals surface area contributed by atoms with Gasteiger partial charge < -0.3 is 0 Å². The van der Waals surface area contributed by atoms with Crippen LogP contribution in [0, 0.1) is 0 Å². The monoisotopic (exact) mass is 667 g/mol. The highest BCUT2D eigenvalue weighted by molar-refractivity contribution is 8.17. The van der Waals surface area contributed by atoms with Crippen LogP contribution in [0.4, 0.5) is 0 Å². The molecule has 0 radical (unpaired) electrons. The summed E-state index contributed by atoms with van der Waals surface area (Å²) < 4.78 is 18.8. The number of nitrogens with zero attached hydrogens (tertiary/aromatic N) is 5. The molecular formula is C28H28Cl4N5P3. The van der Waals surface area contributed by atoms with Crippen LogP contribution in [0.1, 0.15) is 22.3 Å². The second-order valence-corrected chi connectivity index (χ2v) is 21.5. The third-order valence-electron chi connectivity index (χ3n) is 6.22. The second-order valence-electron chi connectivity index (χ2n) is 9.30. The van der Waals surface area contributed by atoms with Crippen LogP contribution in [0.15, 0.2) is 135 Å². The fraction of sp³-hybridized carbons (Fsp3) is 0.143. The van der Waals surface area contributed by atoms with Gasteiger partial charge in [-0.05, 0) is 67.2 Å². The van der Waals surface area contributed by atoms with Crippen LogP contribution in [0.2, 0.25) is 0 Å². The van der Waals surface area contributed by atoms with Gasteiger partial charge >= 0.3 is 0 Å². The van der Waals surface area contributed by atoms with Gasteiger partial charge in [0.2, 0.25) is 13.4 Å². The molecule has 0 bridgehead atoms. The first-order valence-electron chi connectivity index (χ1n) is 12.6. The highest BCUT2D eigenvalue weighted by atomic mass is 35.9. The zero-order valence-electron chi connectivity index (χ0n) is 21.5. The van der Waals surface area contributed by atoms with Gasteiger partial charge in [0.15, 0.2) is 0 Å². The molecule has 0 saturated heterocycles. The van der Waals surface area contributed by atoms with Gasteiger partial charge in [0.05, 0.1) is 0 Å². The van der Waals surface area contributed by atoms with E-state index in [0.717, 1.165) is 22.3 Å². The first-order valence-corrected chi connectivity index (χ1v) is 21.2. The maximum Gasteiger partial charge on any atom is 0.257 e. The molecule has 208 valence electrons. The molecular weight excluding hydrogens is 641 g/mol. The molecule has 0 saturated carbocycles. The highest BCUT2D eigenvalue weighted by Crippen LogP contribution is 2.86. The number of halogens is 4. The molecule has 12 heteroatoms. The van der Waals surface area contributed by atoms with Crippen molar-refractivity contribution in [3.8, 4) is 0 Å². The molecule has 0 fully saturated rings. The van der Waals surface area contributed by atoms with E-state index < -0.39 is 19.3 Å². The van der Waals surface area contributed by atoms with Gasteiger partial charge in [0.25, 0.3) is 5.91 Å². The van der Waals surface area contributed by atoms with Crippen molar-refractivity contribution in [2.24, 2.45) is 13.5 Å². The molecule has 4 aromatic rings. The minimum absolute atomic E-state index is 0.502. The minimum Gasteiger partial charge on any atom is -0.231 e. The molecule has 1 heterocycles. The summed E-state index contributed by atoms with van der Waals surface area (Å²) in [6.07, 6.45) is 0. The van der Waals surface area contributed by atoms with E-state index in [1.165, 1.54) is 0 Å². The van der Waals surface area contributed by atoms with Crippen molar-refractivity contribution in [2.45, 2.75) is 26.2 Å². The topological polar surface area (TPSA) is 43.6 Å². The lowest BCUT2D eigenvalue weighted by molar-refractivity contribution is 0.440. The molecule has 0 unspecified atom stereocenters. The molecule has 0 N–H and O–H groups in total. The maximum absolute atomic E-state index is 7.48. The average Bonchev–Trinajstić information content (AvgIpc) is 2.93. The van der Waals surface area contributed by atoms with Gasteiger partial charge in [-0.2, -0.15) is 13.5 Å². The molecule has 0 aromatic heterocycles. The molecule has 4 aromatic carbocycles. The summed E-state index contributed by atoms with van der Waals surface area (Å²) in [5, 5.41) is 0. The Morgan fingerprint density at radius 3 is 0.975 bits per heavy atom. The lowest BCUT2D eigenvalue weighted by Crippen LogP contribution is -2.20. The fourth-order valence-corrected chi connectivity index (χ4v) is 21.3. The maximum atomic E-state index is 7.48. The van der Waals surface area contributed by atoms with Crippen molar-refractivity contribution >= 4 is 64.3 Å². The van der Waals surface area contributed by atoms with Crippen molar-refractivity contribution in [1.82, 2.24) is 9.34 Å². The van der Waals surface area contributed by atoms with Crippen LogP contribution in [-0.2, 0) is 26.2 Å². The number of hydrogen-bond acceptors (Lipinski definition) is 5. The average molecular weight is 669 g/mol. The van der Waals surface area contributed by atoms with E-state index in [1.54, 1.807) is 0 Å². The summed E-state index contributed by atoms with van der Waals surface area (Å²) in [5.74, 6) is -3.25. The Morgan fingerprint density at radius 2 is 0.675 bits per heavy atom. The van der Waals surface area contributed by atoms with Crippen molar-refractivity contribution < 1.29 is 0 Å². The van der Waals surface area contributed by atoms with Crippen LogP contribution in [-0.4, -0.2) is 9.34 Å². The van der Waals surface area contributed by atoms with E-state index in [-0.39, 0.29) is 0 Å². The van der Waals surface area contributed by atoms with Gasteiger partial charge in [-0.3, -0.25) is 0 Å². The largest absolute Gasteiger partial charge is 0.257 e. The van der Waals surface area contributed by atoms with Crippen LogP contribution < -0.4 is 0 Å². The number of rotatable bonds is 10. The molecule has 1 aliphatic heterocycles. The minimum atomic E-state index is -3.25. The van der Waals surface area contributed by atoms with Crippen molar-refractivity contribution in [1.29, 1.82) is 0 Å². The van der Waals surface area contributed by atoms with Crippen LogP contribution >= 0.6 is 64.3 Å². The molecule has 0 amide bonds. The summed E-state index contributed by atoms with van der Waals surface area (Å²) in [6.45, 7) is -4.37. The Kier molecular flexibility index (Phi) is 10.0. The lowest BCUT2D eigenvalue weighted by Gasteiger charge is -2.37. The molecule has 5 nitrogen and oxygen atoms in total. The van der Waals surface area contributed by atoms with E-state index in [1.807, 2.05) is 72.8 Å². The molecule has 0 spiro atoms. The normalized spacial score (nSPS) is 21.9. The van der Waals surface area contributed by atoms with Gasteiger partial charge in [0.1, 0.15) is 0 Å². The molecule has 40 heavy (non-hydrogen) atoms. The van der Waals surface area contributed by atoms with E-state index in [9.17, 15) is 0 Å². The summed E-state index contributed by atoms with van der Waals surface area (Å²) in [7, 11) is 0. The van der Waals surface area contributed by atoms with Crippen molar-refractivity contribution in [3.05, 3.63) is 144 Å². The van der Waals surface area contributed by atoms with Crippen LogP contribution in [0.3, 0.4) is 0 Å². The molecule has 2 atom stereocenters. The van der Waals surface area contributed by atoms with Gasteiger partial charge in [-0.25, -0.2) is 9.34 Å². The number of benzene rings is 4. The Hall–Kier alpha value is -1.35. The van der Waals surface area contributed by atoms with Crippen LogP contribution in [0.25, 0.3) is 0 Å². The van der Waals surface area contributed by atoms with E-state index >= 15 is 0 Å². The third-order valence-corrected chi connectivity index (χ3v) is 19.7. The standard InChI is InChI=1S/C28H28Cl4N5P3/c29-38(30)33-39(31,36(21-25-13-5-1-6-14-25)22-26-15-7-2-8-16-26)35-40(32,34-38)37(23-27-17-9-3-10-18-27)24-28-19-11-4-12-20-28/h1-20H,21-24H2/t39-,40-/m1/s1. The van der Waals surface area contributed by atoms with Gasteiger partial charge in [-0.15, -0.1) is 0 Å². The van der Waals surface area contributed by atoms with E-state index in [2.05, 4.69) is 57.9 Å². The summed E-state index contributed by atoms with van der Waals surface area (Å²) in [4.78, 5) is 0. The predicted octanol–water partition coefficient (Wildman–Crippen LogP) is 12.2. The van der Waals surface area contributed by atoms with Gasteiger partial charge in [-0.1, -0.05) is 121 Å². The highest BCUT2D eigenvalue weighted by Gasteiger charge is 2.40. The smallest absolute Gasteiger partial charge is 0.231 e. The summed E-state index contributed by atoms with van der Waals surface area (Å²) in [5.41, 5.74) is 4.29. The third kappa shape index (κ3) is 7.93. The first-order chi connectivity index (χ1) is 19.2. The predicted molar refractivity (Wildman–Crippen MR) is 176 cm³/mol. The SMILES string of the molecule is ClP1(Cl)=N[P@@](Cl)(N(Cc2ccccc2)Cc2ccccc2)=N[P@](Cl)(N(Cc2ccccc2)Cc2ccccc2)=N1. The van der Waals surface area contributed by atoms with Crippen LogP contribution in [0.5, 0.6) is 0 Å². The Balaban J connectivity index is 1.62. The lowest BCUT2D eigenvalue weighted by atomic mass is 10.2. The summed E-state index contributed by atoms with van der Waals surface area (Å²) in [6, 6.07) is 40.4. The summed E-state index contributed by atoms with van der Waals surface area (Å²) >= 11 is 28.7. The molecule has 1 aliphatic rings.